The number of allylic oxidation sites excluding steroid dienone is 1. The lowest BCUT2D eigenvalue weighted by molar-refractivity contribution is -0.138. The molecule has 3 heterocycles. The van der Waals surface area contributed by atoms with Crippen LogP contribution in [-0.2, 0) is 16.1 Å². The molecule has 0 spiro atoms. The van der Waals surface area contributed by atoms with Crippen molar-refractivity contribution in [3.05, 3.63) is 109 Å². The van der Waals surface area contributed by atoms with Gasteiger partial charge in [-0.15, -0.1) is 0 Å². The minimum Gasteiger partial charge on any atom is -0.493 e. The van der Waals surface area contributed by atoms with Crippen LogP contribution in [0.15, 0.2) is 82.1 Å². The summed E-state index contributed by atoms with van der Waals surface area (Å²) in [6.07, 6.45) is 1.78. The summed E-state index contributed by atoms with van der Waals surface area (Å²) < 4.78 is 29.9. The van der Waals surface area contributed by atoms with Crippen molar-refractivity contribution in [2.75, 3.05) is 20.5 Å². The van der Waals surface area contributed by atoms with Crippen LogP contribution in [0.4, 0.5) is 0 Å². The Bertz CT molecular complexity index is 1870. The van der Waals surface area contributed by atoms with E-state index in [9.17, 15) is 9.59 Å². The molecule has 2 aliphatic rings. The zero-order valence-electron chi connectivity index (χ0n) is 23.3. The summed E-state index contributed by atoms with van der Waals surface area (Å²) in [6.45, 7) is 4.21. The molecule has 0 radical (unpaired) electrons. The van der Waals surface area contributed by atoms with Crippen molar-refractivity contribution < 1.29 is 28.5 Å². The first-order chi connectivity index (χ1) is 20.5. The Balaban J connectivity index is 1.39. The van der Waals surface area contributed by atoms with E-state index in [2.05, 4.69) is 0 Å². The lowest BCUT2D eigenvalue weighted by atomic mass is 9.96. The molecule has 0 N–H and O–H groups in total. The molecule has 1 atom stereocenters. The summed E-state index contributed by atoms with van der Waals surface area (Å²) >= 11 is 1.25. The number of thiazole rings is 1. The number of rotatable bonds is 8. The van der Waals surface area contributed by atoms with Crippen LogP contribution >= 0.6 is 11.3 Å². The Morgan fingerprint density at radius 3 is 2.67 bits per heavy atom. The van der Waals surface area contributed by atoms with Gasteiger partial charge in [-0.3, -0.25) is 9.36 Å². The third kappa shape index (κ3) is 5.16. The van der Waals surface area contributed by atoms with E-state index in [1.165, 1.54) is 15.9 Å². The summed E-state index contributed by atoms with van der Waals surface area (Å²) in [5.74, 6) is 1.84. The lowest BCUT2D eigenvalue weighted by Crippen LogP contribution is -2.35. The first kappa shape index (κ1) is 27.3. The molecule has 214 valence electrons. The van der Waals surface area contributed by atoms with E-state index in [1.54, 1.807) is 33.1 Å². The highest BCUT2D eigenvalue weighted by Gasteiger charge is 2.32. The summed E-state index contributed by atoms with van der Waals surface area (Å²) in [6, 6.07) is 20.1. The SMILES string of the molecule is CCOC(=O)C1=C(C)n2c(s/c(=C\c3ccc(OCc4ccccc4)c(OC)c3)c2=O)=N[C@@H]1c1ccc2c(c1)OCO2. The van der Waals surface area contributed by atoms with Gasteiger partial charge in [0.05, 0.1) is 23.8 Å². The van der Waals surface area contributed by atoms with Crippen molar-refractivity contribution in [1.82, 2.24) is 4.57 Å². The molecule has 0 amide bonds. The molecule has 0 saturated carbocycles. The largest absolute Gasteiger partial charge is 0.493 e. The predicted molar refractivity (Wildman–Crippen MR) is 158 cm³/mol. The Labute approximate surface area is 245 Å². The molecule has 2 aliphatic heterocycles. The summed E-state index contributed by atoms with van der Waals surface area (Å²) in [4.78, 5) is 32.1. The number of aromatic nitrogens is 1. The number of nitrogens with zero attached hydrogens (tertiary/aromatic N) is 2. The van der Waals surface area contributed by atoms with Crippen LogP contribution in [-0.4, -0.2) is 31.0 Å². The van der Waals surface area contributed by atoms with Gasteiger partial charge < -0.3 is 23.7 Å². The number of ether oxygens (including phenoxy) is 5. The fourth-order valence-electron chi connectivity index (χ4n) is 4.92. The van der Waals surface area contributed by atoms with Crippen LogP contribution < -0.4 is 33.8 Å². The molecule has 0 bridgehead atoms. The first-order valence-electron chi connectivity index (χ1n) is 13.4. The van der Waals surface area contributed by atoms with E-state index in [4.69, 9.17) is 28.7 Å². The number of carbonyl (C=O) groups is 1. The minimum absolute atomic E-state index is 0.134. The van der Waals surface area contributed by atoms with Crippen molar-refractivity contribution in [2.45, 2.75) is 26.5 Å². The van der Waals surface area contributed by atoms with Crippen molar-refractivity contribution in [3.8, 4) is 23.0 Å². The topological polar surface area (TPSA) is 97.6 Å². The Hall–Kier alpha value is -4.83. The fourth-order valence-corrected chi connectivity index (χ4v) is 5.96. The smallest absolute Gasteiger partial charge is 0.338 e. The monoisotopic (exact) mass is 584 g/mol. The second kappa shape index (κ2) is 11.6. The van der Waals surface area contributed by atoms with Gasteiger partial charge in [0.25, 0.3) is 5.56 Å². The molecule has 6 rings (SSSR count). The number of hydrogen-bond donors (Lipinski definition) is 0. The van der Waals surface area contributed by atoms with Gasteiger partial charge in [0.2, 0.25) is 6.79 Å². The van der Waals surface area contributed by atoms with Crippen molar-refractivity contribution >= 4 is 29.1 Å². The third-order valence-electron chi connectivity index (χ3n) is 6.97. The number of benzene rings is 3. The number of methoxy groups -OCH3 is 1. The normalized spacial score (nSPS) is 15.7. The average Bonchev–Trinajstić information content (AvgIpc) is 3.60. The fraction of sp³-hybridized carbons (Fsp3) is 0.219. The molecule has 9 nitrogen and oxygen atoms in total. The second-order valence-electron chi connectivity index (χ2n) is 9.58. The molecule has 0 unspecified atom stereocenters. The maximum Gasteiger partial charge on any atom is 0.338 e. The maximum atomic E-state index is 13.6. The number of hydrogen-bond acceptors (Lipinski definition) is 9. The number of fused-ring (bicyclic) bond motifs is 2. The van der Waals surface area contributed by atoms with E-state index in [0.717, 1.165) is 16.7 Å². The number of carbonyl (C=O) groups excluding carboxylic acids is 1. The van der Waals surface area contributed by atoms with Crippen LogP contribution in [0.25, 0.3) is 11.8 Å². The van der Waals surface area contributed by atoms with Gasteiger partial charge in [-0.05, 0) is 60.9 Å². The van der Waals surface area contributed by atoms with E-state index in [-0.39, 0.29) is 19.0 Å². The van der Waals surface area contributed by atoms with Crippen LogP contribution in [0, 0.1) is 0 Å². The van der Waals surface area contributed by atoms with Gasteiger partial charge in [0.1, 0.15) is 12.6 Å². The molecule has 3 aromatic carbocycles. The Morgan fingerprint density at radius 2 is 1.88 bits per heavy atom. The third-order valence-corrected chi connectivity index (χ3v) is 7.96. The van der Waals surface area contributed by atoms with E-state index in [0.29, 0.717) is 50.2 Å². The Morgan fingerprint density at radius 1 is 1.07 bits per heavy atom. The standard InChI is InChI=1S/C32H28N2O7S/c1-4-38-31(36)28-19(2)34-30(35)27(42-32(34)33-29(28)22-11-13-24-26(16-22)41-18-40-24)15-21-10-12-23(25(14-21)37-3)39-17-20-8-6-5-7-9-20/h5-16,29H,4,17-18H2,1-3H3/b27-15-/t29-/m1/s1. The second-order valence-corrected chi connectivity index (χ2v) is 10.6. The molecular formula is C32H28N2O7S. The summed E-state index contributed by atoms with van der Waals surface area (Å²) in [5, 5.41) is 0. The highest BCUT2D eigenvalue weighted by atomic mass is 32.1. The predicted octanol–water partition coefficient (Wildman–Crippen LogP) is 4.22. The van der Waals surface area contributed by atoms with Crippen molar-refractivity contribution in [1.29, 1.82) is 0 Å². The lowest BCUT2D eigenvalue weighted by Gasteiger charge is -2.22. The highest BCUT2D eigenvalue weighted by Crippen LogP contribution is 2.39. The summed E-state index contributed by atoms with van der Waals surface area (Å²) in [5.41, 5.74) is 3.04. The van der Waals surface area contributed by atoms with Gasteiger partial charge in [0.15, 0.2) is 27.8 Å². The quantitative estimate of drug-likeness (QED) is 0.286. The average molecular weight is 585 g/mol. The van der Waals surface area contributed by atoms with Crippen molar-refractivity contribution in [2.24, 2.45) is 4.99 Å². The van der Waals surface area contributed by atoms with E-state index in [1.807, 2.05) is 60.7 Å². The van der Waals surface area contributed by atoms with Gasteiger partial charge in [0, 0.05) is 5.70 Å². The van der Waals surface area contributed by atoms with Crippen molar-refractivity contribution in [3.63, 3.8) is 0 Å². The van der Waals surface area contributed by atoms with Gasteiger partial charge in [-0.25, -0.2) is 9.79 Å². The van der Waals surface area contributed by atoms with Gasteiger partial charge >= 0.3 is 5.97 Å². The van der Waals surface area contributed by atoms with E-state index < -0.39 is 12.0 Å². The molecule has 42 heavy (non-hydrogen) atoms. The molecule has 1 aromatic heterocycles. The minimum atomic E-state index is -0.675. The van der Waals surface area contributed by atoms with Gasteiger partial charge in [-0.1, -0.05) is 53.8 Å². The Kier molecular flexibility index (Phi) is 7.54. The van der Waals surface area contributed by atoms with Crippen LogP contribution in [0.3, 0.4) is 0 Å². The molecule has 10 heteroatoms. The first-order valence-corrected chi connectivity index (χ1v) is 14.2. The molecular weight excluding hydrogens is 556 g/mol. The van der Waals surface area contributed by atoms with Crippen LogP contribution in [0.1, 0.15) is 36.6 Å². The zero-order chi connectivity index (χ0) is 29.2. The van der Waals surface area contributed by atoms with E-state index >= 15 is 0 Å². The zero-order valence-corrected chi connectivity index (χ0v) is 24.1. The molecule has 0 saturated heterocycles. The highest BCUT2D eigenvalue weighted by molar-refractivity contribution is 7.07. The molecule has 4 aromatic rings. The van der Waals surface area contributed by atoms with Gasteiger partial charge in [-0.2, -0.15) is 0 Å². The number of esters is 1. The van der Waals surface area contributed by atoms with Crippen LogP contribution in [0.5, 0.6) is 23.0 Å². The molecule has 0 fully saturated rings. The molecule has 0 aliphatic carbocycles. The summed E-state index contributed by atoms with van der Waals surface area (Å²) in [7, 11) is 1.58. The maximum absolute atomic E-state index is 13.6. The van der Waals surface area contributed by atoms with Crippen LogP contribution in [0.2, 0.25) is 0 Å².